The van der Waals surface area contributed by atoms with Crippen LogP contribution >= 0.6 is 0 Å². The van der Waals surface area contributed by atoms with Crippen LogP contribution < -0.4 is 0 Å². The summed E-state index contributed by atoms with van der Waals surface area (Å²) < 4.78 is 12.9. The number of aliphatic carboxylic acids is 1. The van der Waals surface area contributed by atoms with Gasteiger partial charge < -0.3 is 19.4 Å². The molecular weight excluding hydrogens is 408 g/mol. The molecule has 0 radical (unpaired) electrons. The summed E-state index contributed by atoms with van der Waals surface area (Å²) in [5.41, 5.74) is 0.542. The van der Waals surface area contributed by atoms with Gasteiger partial charge >= 0.3 is 5.97 Å². The number of hydrogen-bond donors (Lipinski definition) is 2. The number of ether oxygens (including phenoxy) is 1. The number of hydrogen-bond acceptors (Lipinski definition) is 4. The maximum Gasteiger partial charge on any atom is 0.318 e. The molecule has 2 rings (SSSR count). The van der Waals surface area contributed by atoms with Gasteiger partial charge in [-0.1, -0.05) is 60.6 Å². The summed E-state index contributed by atoms with van der Waals surface area (Å²) in [5.74, 6) is -0.370. The second-order valence-electron chi connectivity index (χ2n) is 10.6. The van der Waals surface area contributed by atoms with Crippen molar-refractivity contribution in [3.63, 3.8) is 0 Å². The van der Waals surface area contributed by atoms with E-state index in [4.69, 9.17) is 9.16 Å². The first kappa shape index (κ1) is 26.1. The van der Waals surface area contributed by atoms with Crippen LogP contribution in [0.3, 0.4) is 0 Å². The Balaban J connectivity index is 2.45. The highest BCUT2D eigenvalue weighted by molar-refractivity contribution is 6.77. The summed E-state index contributed by atoms with van der Waals surface area (Å²) >= 11 is 0. The van der Waals surface area contributed by atoms with Gasteiger partial charge in [0, 0.05) is 11.5 Å². The number of allylic oxidation sites excluding steroid dienone is 1. The smallest absolute Gasteiger partial charge is 0.318 e. The van der Waals surface area contributed by atoms with Crippen molar-refractivity contribution in [2.45, 2.75) is 103 Å². The Labute approximate surface area is 190 Å². The molecule has 5 nitrogen and oxygen atoms in total. The molecule has 0 saturated heterocycles. The first-order chi connectivity index (χ1) is 14.4. The average molecular weight is 453 g/mol. The van der Waals surface area contributed by atoms with Gasteiger partial charge in [0.15, 0.2) is 0 Å². The molecule has 1 saturated carbocycles. The minimum Gasteiger partial charge on any atom is -0.495 e. The van der Waals surface area contributed by atoms with Crippen molar-refractivity contribution in [1.82, 2.24) is 0 Å². The number of carboxylic acids is 1. The van der Waals surface area contributed by atoms with Crippen LogP contribution in [0.1, 0.15) is 80.6 Å². The van der Waals surface area contributed by atoms with E-state index in [0.29, 0.717) is 41.6 Å². The lowest BCUT2D eigenvalue weighted by atomic mass is 9.57. The fourth-order valence-electron chi connectivity index (χ4n) is 6.66. The van der Waals surface area contributed by atoms with E-state index < -0.39 is 25.1 Å². The number of rotatable bonds is 10. The second kappa shape index (κ2) is 9.80. The van der Waals surface area contributed by atoms with E-state index in [-0.39, 0.29) is 19.3 Å². The molecule has 2 aliphatic carbocycles. The maximum absolute atomic E-state index is 12.8. The molecule has 3 atom stereocenters. The molecule has 0 aromatic heterocycles. The summed E-state index contributed by atoms with van der Waals surface area (Å²) in [4.78, 5) is 12.8. The van der Waals surface area contributed by atoms with Crippen LogP contribution in [0, 0.1) is 10.8 Å². The highest BCUT2D eigenvalue weighted by Crippen LogP contribution is 2.62. The van der Waals surface area contributed by atoms with E-state index in [2.05, 4.69) is 48.1 Å². The summed E-state index contributed by atoms with van der Waals surface area (Å²) in [7, 11) is -2.09. The van der Waals surface area contributed by atoms with Gasteiger partial charge in [-0.25, -0.2) is 0 Å². The summed E-state index contributed by atoms with van der Waals surface area (Å²) in [5, 5.41) is 19.8. The van der Waals surface area contributed by atoms with Crippen LogP contribution in [0.5, 0.6) is 0 Å². The third kappa shape index (κ3) is 4.28. The first-order valence-corrected chi connectivity index (χ1v) is 14.1. The number of carbonyl (C=O) groups is 1. The van der Waals surface area contributed by atoms with Crippen molar-refractivity contribution in [1.29, 1.82) is 0 Å². The Morgan fingerprint density at radius 1 is 1.23 bits per heavy atom. The van der Waals surface area contributed by atoms with Crippen LogP contribution in [-0.2, 0) is 14.0 Å². The van der Waals surface area contributed by atoms with Crippen LogP contribution in [0.2, 0.25) is 16.6 Å². The molecule has 31 heavy (non-hydrogen) atoms. The maximum atomic E-state index is 12.8. The Morgan fingerprint density at radius 3 is 2.29 bits per heavy atom. The monoisotopic (exact) mass is 452 g/mol. The van der Waals surface area contributed by atoms with E-state index in [1.54, 1.807) is 0 Å². The van der Waals surface area contributed by atoms with Crippen molar-refractivity contribution in [2.24, 2.45) is 10.8 Å². The van der Waals surface area contributed by atoms with E-state index in [1.165, 1.54) is 0 Å². The third-order valence-electron chi connectivity index (χ3n) is 8.13. The topological polar surface area (TPSA) is 76.0 Å². The van der Waals surface area contributed by atoms with Crippen molar-refractivity contribution >= 4 is 14.3 Å². The fourth-order valence-corrected chi connectivity index (χ4v) is 12.2. The molecule has 0 aromatic carbocycles. The fraction of sp³-hybridized carbons (Fsp3) is 0.800. The Morgan fingerprint density at radius 2 is 1.81 bits per heavy atom. The quantitative estimate of drug-likeness (QED) is 0.312. The molecule has 0 aliphatic heterocycles. The van der Waals surface area contributed by atoms with Crippen molar-refractivity contribution in [2.75, 3.05) is 13.2 Å². The zero-order valence-corrected chi connectivity index (χ0v) is 21.7. The molecule has 0 heterocycles. The van der Waals surface area contributed by atoms with E-state index in [0.717, 1.165) is 18.4 Å². The van der Waals surface area contributed by atoms with Crippen molar-refractivity contribution < 1.29 is 24.2 Å². The molecule has 0 bridgehead atoms. The SMILES string of the molecule is C=C1CC(O[Si](C(C)C)(C(C)C)C(C)C)CC1(C)C1(C(=O)O)CCCC=C1OCCO. The van der Waals surface area contributed by atoms with Gasteiger partial charge in [0.05, 0.1) is 6.61 Å². The molecule has 0 amide bonds. The van der Waals surface area contributed by atoms with Gasteiger partial charge in [-0.3, -0.25) is 4.79 Å². The van der Waals surface area contributed by atoms with E-state index in [9.17, 15) is 15.0 Å². The average Bonchev–Trinajstić information content (AvgIpc) is 2.98. The molecule has 178 valence electrons. The first-order valence-electron chi connectivity index (χ1n) is 11.9. The molecule has 0 spiro atoms. The van der Waals surface area contributed by atoms with Crippen molar-refractivity contribution in [3.8, 4) is 0 Å². The number of aliphatic hydroxyl groups excluding tert-OH is 1. The highest BCUT2D eigenvalue weighted by atomic mass is 28.4. The summed E-state index contributed by atoms with van der Waals surface area (Å²) in [6.45, 7) is 20.0. The molecule has 6 heteroatoms. The highest BCUT2D eigenvalue weighted by Gasteiger charge is 2.63. The molecule has 3 unspecified atom stereocenters. The van der Waals surface area contributed by atoms with Gasteiger partial charge in [-0.15, -0.1) is 0 Å². The summed E-state index contributed by atoms with van der Waals surface area (Å²) in [6, 6.07) is 0. The summed E-state index contributed by atoms with van der Waals surface area (Å²) in [6.07, 6.45) is 5.34. The number of aliphatic hydroxyl groups is 1. The molecule has 2 aliphatic rings. The minimum absolute atomic E-state index is 0.0198. The largest absolute Gasteiger partial charge is 0.495 e. The Bertz CT molecular complexity index is 676. The lowest BCUT2D eigenvalue weighted by molar-refractivity contribution is -0.158. The third-order valence-corrected chi connectivity index (χ3v) is 14.3. The lowest BCUT2D eigenvalue weighted by Crippen LogP contribution is -2.51. The van der Waals surface area contributed by atoms with Gasteiger partial charge in [0.2, 0.25) is 8.32 Å². The predicted octanol–water partition coefficient (Wildman–Crippen LogP) is 6.05. The van der Waals surface area contributed by atoms with Crippen molar-refractivity contribution in [3.05, 3.63) is 24.0 Å². The predicted molar refractivity (Wildman–Crippen MR) is 127 cm³/mol. The van der Waals surface area contributed by atoms with Gasteiger partial charge in [-0.05, 0) is 54.8 Å². The van der Waals surface area contributed by atoms with E-state index in [1.807, 2.05) is 13.0 Å². The normalized spacial score (nSPS) is 29.7. The Kier molecular flexibility index (Phi) is 8.26. The van der Waals surface area contributed by atoms with Crippen LogP contribution in [-0.4, -0.2) is 43.8 Å². The standard InChI is InChI=1S/C25H44O5Si/c1-17(2)31(18(3)4,19(5)6)30-21-15-20(7)24(8,16-21)25(23(27)28)12-10-9-11-22(25)29-14-13-26/h11,17-19,21,26H,7,9-10,12-16H2,1-6,8H3,(H,27,28). The molecular formula is C25H44O5Si. The van der Waals surface area contributed by atoms with E-state index >= 15 is 0 Å². The zero-order valence-electron chi connectivity index (χ0n) is 20.7. The second-order valence-corrected chi connectivity index (χ2v) is 16.1. The van der Waals surface area contributed by atoms with Gasteiger partial charge in [0.1, 0.15) is 17.8 Å². The van der Waals surface area contributed by atoms with Gasteiger partial charge in [0.25, 0.3) is 0 Å². The molecule has 0 aromatic rings. The van der Waals surface area contributed by atoms with Crippen LogP contribution in [0.25, 0.3) is 0 Å². The lowest BCUT2D eigenvalue weighted by Gasteiger charge is -2.47. The minimum atomic E-state index is -2.09. The Hall–Kier alpha value is -1.11. The van der Waals surface area contributed by atoms with Crippen LogP contribution in [0.15, 0.2) is 24.0 Å². The number of carboxylic acid groups (broad SMARTS) is 1. The zero-order chi connectivity index (χ0) is 23.6. The molecule has 1 fully saturated rings. The molecule has 2 N–H and O–H groups in total. The van der Waals surface area contributed by atoms with Crippen LogP contribution in [0.4, 0.5) is 0 Å². The van der Waals surface area contributed by atoms with Gasteiger partial charge in [-0.2, -0.15) is 0 Å².